The van der Waals surface area contributed by atoms with Gasteiger partial charge >= 0.3 is 6.09 Å². The lowest BCUT2D eigenvalue weighted by Crippen LogP contribution is -3.15. The molecule has 0 bridgehead atoms. The van der Waals surface area contributed by atoms with Gasteiger partial charge in [0.05, 0.1) is 26.4 Å². The molecule has 0 unspecified atom stereocenters. The molecule has 1 aliphatic rings. The summed E-state index contributed by atoms with van der Waals surface area (Å²) in [6, 6.07) is 8.74. The highest BCUT2D eigenvalue weighted by Gasteiger charge is 2.27. The Kier molecular flexibility index (Phi) is 6.67. The molecule has 128 valence electrons. The third-order valence-corrected chi connectivity index (χ3v) is 4.17. The summed E-state index contributed by atoms with van der Waals surface area (Å²) in [7, 11) is 4.06. The van der Waals surface area contributed by atoms with Gasteiger partial charge in [-0.15, -0.1) is 0 Å². The Bertz CT molecular complexity index is 484. The van der Waals surface area contributed by atoms with Crippen molar-refractivity contribution in [3.63, 3.8) is 0 Å². The van der Waals surface area contributed by atoms with Crippen LogP contribution in [0, 0.1) is 0 Å². The van der Waals surface area contributed by atoms with Gasteiger partial charge in [0.15, 0.2) is 0 Å². The fraction of sp³-hybridized carbons (Fsp3) is 0.588. The number of carbonyl (C=O) groups is 1. The molecule has 0 spiro atoms. The second-order valence-electron chi connectivity index (χ2n) is 5.91. The normalized spacial score (nSPS) is 16.7. The van der Waals surface area contributed by atoms with E-state index in [1.165, 1.54) is 16.2 Å². The Hall–Kier alpha value is -1.79. The van der Waals surface area contributed by atoms with Gasteiger partial charge < -0.3 is 24.6 Å². The number of hydrogen-bond donors (Lipinski definition) is 2. The molecule has 1 aliphatic heterocycles. The van der Waals surface area contributed by atoms with Crippen molar-refractivity contribution in [1.82, 2.24) is 5.32 Å². The fourth-order valence-corrected chi connectivity index (χ4v) is 2.85. The maximum atomic E-state index is 11.6. The topological polar surface area (TPSA) is 55.2 Å². The van der Waals surface area contributed by atoms with E-state index in [2.05, 4.69) is 34.5 Å². The molecule has 0 saturated carbocycles. The number of rotatable bonds is 6. The van der Waals surface area contributed by atoms with Crippen LogP contribution in [0.5, 0.6) is 0 Å². The van der Waals surface area contributed by atoms with E-state index in [0.29, 0.717) is 13.2 Å². The maximum absolute atomic E-state index is 11.6. The van der Waals surface area contributed by atoms with E-state index < -0.39 is 0 Å². The van der Waals surface area contributed by atoms with Gasteiger partial charge in [-0.05, 0) is 19.1 Å². The van der Waals surface area contributed by atoms with Crippen molar-refractivity contribution in [2.75, 3.05) is 58.5 Å². The van der Waals surface area contributed by atoms with E-state index >= 15 is 0 Å². The van der Waals surface area contributed by atoms with Crippen LogP contribution in [-0.4, -0.2) is 59.6 Å². The monoisotopic (exact) mass is 322 g/mol. The molecule has 1 heterocycles. The van der Waals surface area contributed by atoms with Gasteiger partial charge in [-0.3, -0.25) is 0 Å². The number of ether oxygens (including phenoxy) is 2. The number of benzene rings is 1. The Morgan fingerprint density at radius 3 is 2.52 bits per heavy atom. The standard InChI is InChI=1S/C17H27N3O3/c1-4-23-17(21)18-13-16(20-9-11-22-12-10-20)14-5-7-15(8-6-14)19(2)3/h5-8,16H,4,9-13H2,1-3H3,(H,18,21)/p+1/t16-/m0/s1. The smallest absolute Gasteiger partial charge is 0.407 e. The highest BCUT2D eigenvalue weighted by atomic mass is 16.5. The third kappa shape index (κ3) is 5.11. The molecule has 1 atom stereocenters. The SMILES string of the molecule is CCOC(=O)NC[C@@H](c1ccc(N(C)C)cc1)[NH+]1CCOCC1. The zero-order chi connectivity index (χ0) is 16.7. The molecular weight excluding hydrogens is 294 g/mol. The molecule has 0 aromatic heterocycles. The molecule has 6 heteroatoms. The molecule has 2 rings (SSSR count). The van der Waals surface area contributed by atoms with Crippen molar-refractivity contribution in [2.45, 2.75) is 13.0 Å². The summed E-state index contributed by atoms with van der Waals surface area (Å²) < 4.78 is 10.4. The van der Waals surface area contributed by atoms with Crippen molar-refractivity contribution in [3.8, 4) is 0 Å². The van der Waals surface area contributed by atoms with Gasteiger partial charge in [0.2, 0.25) is 0 Å². The van der Waals surface area contributed by atoms with E-state index in [4.69, 9.17) is 9.47 Å². The second kappa shape index (κ2) is 8.74. The van der Waals surface area contributed by atoms with Crippen LogP contribution in [0.2, 0.25) is 0 Å². The fourth-order valence-electron chi connectivity index (χ4n) is 2.85. The first-order valence-electron chi connectivity index (χ1n) is 8.22. The summed E-state index contributed by atoms with van der Waals surface area (Å²) in [5, 5.41) is 2.88. The number of amides is 1. The van der Waals surface area contributed by atoms with Crippen molar-refractivity contribution < 1.29 is 19.2 Å². The first-order chi connectivity index (χ1) is 11.1. The predicted octanol–water partition coefficient (Wildman–Crippen LogP) is 0.455. The molecule has 0 aliphatic carbocycles. The van der Waals surface area contributed by atoms with Gasteiger partial charge in [0.25, 0.3) is 0 Å². The van der Waals surface area contributed by atoms with Gasteiger partial charge in [0, 0.05) is 25.3 Å². The Morgan fingerprint density at radius 1 is 1.30 bits per heavy atom. The number of alkyl carbamates (subject to hydrolysis) is 1. The molecule has 23 heavy (non-hydrogen) atoms. The number of carbonyl (C=O) groups excluding carboxylic acids is 1. The zero-order valence-corrected chi connectivity index (χ0v) is 14.3. The number of hydrogen-bond acceptors (Lipinski definition) is 4. The lowest BCUT2D eigenvalue weighted by molar-refractivity contribution is -0.937. The highest BCUT2D eigenvalue weighted by Crippen LogP contribution is 2.16. The minimum Gasteiger partial charge on any atom is -0.450 e. The molecule has 1 aromatic carbocycles. The summed E-state index contributed by atoms with van der Waals surface area (Å²) in [5.74, 6) is 0. The summed E-state index contributed by atoms with van der Waals surface area (Å²) in [6.07, 6.45) is -0.352. The summed E-state index contributed by atoms with van der Waals surface area (Å²) in [5.41, 5.74) is 2.40. The van der Waals surface area contributed by atoms with Crippen LogP contribution >= 0.6 is 0 Å². The van der Waals surface area contributed by atoms with Crippen LogP contribution in [0.25, 0.3) is 0 Å². The Balaban J connectivity index is 2.09. The minimum atomic E-state index is -0.352. The van der Waals surface area contributed by atoms with Gasteiger partial charge in [-0.1, -0.05) is 12.1 Å². The summed E-state index contributed by atoms with van der Waals surface area (Å²) in [6.45, 7) is 6.19. The molecule has 0 radical (unpaired) electrons. The maximum Gasteiger partial charge on any atom is 0.407 e. The first-order valence-corrected chi connectivity index (χ1v) is 8.22. The molecule has 1 aromatic rings. The lowest BCUT2D eigenvalue weighted by Gasteiger charge is -2.32. The van der Waals surface area contributed by atoms with E-state index in [1.807, 2.05) is 21.0 Å². The summed E-state index contributed by atoms with van der Waals surface area (Å²) in [4.78, 5) is 15.1. The van der Waals surface area contributed by atoms with E-state index in [1.54, 1.807) is 0 Å². The van der Waals surface area contributed by atoms with Crippen LogP contribution < -0.4 is 15.1 Å². The number of nitrogens with zero attached hydrogens (tertiary/aromatic N) is 1. The number of anilines is 1. The number of nitrogens with one attached hydrogen (secondary N) is 2. The van der Waals surface area contributed by atoms with Crippen molar-refractivity contribution >= 4 is 11.8 Å². The van der Waals surface area contributed by atoms with Gasteiger partial charge in [-0.25, -0.2) is 4.79 Å². The van der Waals surface area contributed by atoms with Crippen molar-refractivity contribution in [1.29, 1.82) is 0 Å². The molecule has 2 N–H and O–H groups in total. The lowest BCUT2D eigenvalue weighted by atomic mass is 10.0. The minimum absolute atomic E-state index is 0.208. The molecule has 6 nitrogen and oxygen atoms in total. The van der Waals surface area contributed by atoms with E-state index in [9.17, 15) is 4.79 Å². The average molecular weight is 322 g/mol. The largest absolute Gasteiger partial charge is 0.450 e. The van der Waals surface area contributed by atoms with Crippen LogP contribution in [-0.2, 0) is 9.47 Å². The number of morpholine rings is 1. The van der Waals surface area contributed by atoms with E-state index in [0.717, 1.165) is 26.3 Å². The second-order valence-corrected chi connectivity index (χ2v) is 5.91. The quantitative estimate of drug-likeness (QED) is 0.799. The third-order valence-electron chi connectivity index (χ3n) is 4.17. The predicted molar refractivity (Wildman–Crippen MR) is 90.1 cm³/mol. The zero-order valence-electron chi connectivity index (χ0n) is 14.3. The van der Waals surface area contributed by atoms with Crippen LogP contribution in [0.4, 0.5) is 10.5 Å². The average Bonchev–Trinajstić information content (AvgIpc) is 2.57. The molecule has 1 saturated heterocycles. The molecule has 1 fully saturated rings. The molecule has 1 amide bonds. The van der Waals surface area contributed by atoms with Crippen LogP contribution in [0.3, 0.4) is 0 Å². The first kappa shape index (κ1) is 17.6. The Labute approximate surface area is 138 Å². The van der Waals surface area contributed by atoms with E-state index in [-0.39, 0.29) is 12.1 Å². The highest BCUT2D eigenvalue weighted by molar-refractivity contribution is 5.67. The Morgan fingerprint density at radius 2 is 1.96 bits per heavy atom. The van der Waals surface area contributed by atoms with Crippen LogP contribution in [0.15, 0.2) is 24.3 Å². The van der Waals surface area contributed by atoms with Crippen molar-refractivity contribution in [2.24, 2.45) is 0 Å². The van der Waals surface area contributed by atoms with Gasteiger partial charge in [-0.2, -0.15) is 0 Å². The summed E-state index contributed by atoms with van der Waals surface area (Å²) >= 11 is 0. The molecular formula is C17H28N3O3+. The van der Waals surface area contributed by atoms with Gasteiger partial charge in [0.1, 0.15) is 19.1 Å². The number of quaternary nitrogens is 1. The van der Waals surface area contributed by atoms with Crippen LogP contribution in [0.1, 0.15) is 18.5 Å². The van der Waals surface area contributed by atoms with Crippen molar-refractivity contribution in [3.05, 3.63) is 29.8 Å².